The zero-order valence-corrected chi connectivity index (χ0v) is 21.3. The summed E-state index contributed by atoms with van der Waals surface area (Å²) in [5.41, 5.74) is 3.17. The van der Waals surface area contributed by atoms with Gasteiger partial charge in [0, 0.05) is 24.8 Å². The molecule has 0 aliphatic carbocycles. The molecule has 192 valence electrons. The predicted molar refractivity (Wildman–Crippen MR) is 143 cm³/mol. The molecule has 0 bridgehead atoms. The van der Waals surface area contributed by atoms with Crippen molar-refractivity contribution >= 4 is 28.9 Å². The van der Waals surface area contributed by atoms with Gasteiger partial charge in [-0.15, -0.1) is 0 Å². The van der Waals surface area contributed by atoms with Gasteiger partial charge in [0.1, 0.15) is 11.3 Å². The fourth-order valence-electron chi connectivity index (χ4n) is 4.79. The Labute approximate surface area is 220 Å². The van der Waals surface area contributed by atoms with Gasteiger partial charge >= 0.3 is 0 Å². The van der Waals surface area contributed by atoms with Crippen LogP contribution in [0.2, 0.25) is 0 Å². The maximum absolute atomic E-state index is 13.2. The fourth-order valence-corrected chi connectivity index (χ4v) is 4.79. The van der Waals surface area contributed by atoms with Crippen LogP contribution in [-0.2, 0) is 0 Å². The van der Waals surface area contributed by atoms with Crippen LogP contribution >= 0.6 is 0 Å². The van der Waals surface area contributed by atoms with Crippen molar-refractivity contribution < 1.29 is 14.3 Å². The van der Waals surface area contributed by atoms with Crippen LogP contribution < -0.4 is 10.1 Å². The number of ether oxygens (including phenoxy) is 1. The molecule has 38 heavy (non-hydrogen) atoms. The first-order valence-electron chi connectivity index (χ1n) is 12.6. The van der Waals surface area contributed by atoms with Crippen LogP contribution in [0.4, 0.5) is 5.95 Å². The highest BCUT2D eigenvalue weighted by atomic mass is 16.5. The van der Waals surface area contributed by atoms with E-state index in [2.05, 4.69) is 16.4 Å². The van der Waals surface area contributed by atoms with E-state index in [1.807, 2.05) is 40.7 Å². The molecular weight excluding hydrogens is 480 g/mol. The number of hydrogen-bond donors (Lipinski definition) is 1. The van der Waals surface area contributed by atoms with Gasteiger partial charge in [-0.2, -0.15) is 5.26 Å². The molecule has 1 aliphatic heterocycles. The van der Waals surface area contributed by atoms with Crippen LogP contribution in [0.1, 0.15) is 64.1 Å². The number of nitrogens with one attached hydrogen (secondary N) is 1. The molecule has 9 nitrogen and oxygen atoms in total. The van der Waals surface area contributed by atoms with E-state index in [1.165, 1.54) is 6.07 Å². The van der Waals surface area contributed by atoms with Crippen molar-refractivity contribution in [3.8, 4) is 11.8 Å². The lowest BCUT2D eigenvalue weighted by Gasteiger charge is -2.26. The highest BCUT2D eigenvalue weighted by Crippen LogP contribution is 2.30. The quantitative estimate of drug-likeness (QED) is 0.400. The zero-order chi connectivity index (χ0) is 26.6. The molecule has 9 heteroatoms. The Morgan fingerprint density at radius 3 is 2.61 bits per heavy atom. The molecule has 1 atom stereocenters. The normalized spacial score (nSPS) is 14.1. The number of rotatable bonds is 6. The minimum Gasteiger partial charge on any atom is -0.497 e. The highest BCUT2D eigenvalue weighted by Gasteiger charge is 2.24. The third kappa shape index (κ3) is 4.93. The number of imidazole rings is 1. The lowest BCUT2D eigenvalue weighted by Crippen LogP contribution is -2.35. The van der Waals surface area contributed by atoms with Crippen molar-refractivity contribution in [3.63, 3.8) is 0 Å². The van der Waals surface area contributed by atoms with Gasteiger partial charge < -0.3 is 9.64 Å². The van der Waals surface area contributed by atoms with E-state index in [9.17, 15) is 14.9 Å². The Hall–Kier alpha value is -4.71. The van der Waals surface area contributed by atoms with Crippen molar-refractivity contribution in [2.75, 3.05) is 25.5 Å². The lowest BCUT2D eigenvalue weighted by molar-refractivity contribution is 0.0724. The average Bonchev–Trinajstić information content (AvgIpc) is 3.33. The number of benzene rings is 2. The summed E-state index contributed by atoms with van der Waals surface area (Å²) in [7, 11) is 1.61. The van der Waals surface area contributed by atoms with Crippen LogP contribution in [-0.4, -0.2) is 51.4 Å². The molecule has 1 N–H and O–H groups in total. The molecule has 2 amide bonds. The summed E-state index contributed by atoms with van der Waals surface area (Å²) >= 11 is 0. The van der Waals surface area contributed by atoms with Crippen molar-refractivity contribution in [3.05, 3.63) is 83.0 Å². The van der Waals surface area contributed by atoms with E-state index >= 15 is 0 Å². The summed E-state index contributed by atoms with van der Waals surface area (Å²) < 4.78 is 7.24. The predicted octanol–water partition coefficient (Wildman–Crippen LogP) is 4.80. The topological polar surface area (TPSA) is 113 Å². The smallest absolute Gasteiger partial charge is 0.258 e. The minimum absolute atomic E-state index is 0.0617. The van der Waals surface area contributed by atoms with Crippen LogP contribution in [0, 0.1) is 11.3 Å². The summed E-state index contributed by atoms with van der Waals surface area (Å²) in [6, 6.07) is 17.6. The monoisotopic (exact) mass is 508 g/mol. The number of pyridine rings is 1. The van der Waals surface area contributed by atoms with Crippen LogP contribution in [0.3, 0.4) is 0 Å². The van der Waals surface area contributed by atoms with Gasteiger partial charge in [-0.1, -0.05) is 18.2 Å². The molecule has 1 aliphatic rings. The first-order chi connectivity index (χ1) is 18.5. The van der Waals surface area contributed by atoms with E-state index < -0.39 is 5.91 Å². The number of methoxy groups -OCH3 is 1. The second-order valence-electron chi connectivity index (χ2n) is 9.32. The Morgan fingerprint density at radius 1 is 1.05 bits per heavy atom. The first-order valence-corrected chi connectivity index (χ1v) is 12.6. The number of hydrogen-bond acceptors (Lipinski definition) is 6. The van der Waals surface area contributed by atoms with Crippen molar-refractivity contribution in [1.82, 2.24) is 19.4 Å². The van der Waals surface area contributed by atoms with E-state index in [-0.39, 0.29) is 17.9 Å². The SMILES string of the molecule is COc1cccc(C(C)n2c(NC(=O)c3cccc(C#N)c3)nc3cc(C(=O)N4CCCCC4)cnc32)c1. The molecule has 1 saturated heterocycles. The highest BCUT2D eigenvalue weighted by molar-refractivity contribution is 6.04. The number of amides is 2. The number of nitriles is 1. The van der Waals surface area contributed by atoms with Crippen LogP contribution in [0.25, 0.3) is 11.2 Å². The number of aromatic nitrogens is 3. The number of carbonyl (C=O) groups excluding carboxylic acids is 2. The molecule has 2 aromatic carbocycles. The van der Waals surface area contributed by atoms with E-state index in [4.69, 9.17) is 9.72 Å². The number of fused-ring (bicyclic) bond motifs is 1. The summed E-state index contributed by atoms with van der Waals surface area (Å²) in [5, 5.41) is 12.1. The Balaban J connectivity index is 1.56. The summed E-state index contributed by atoms with van der Waals surface area (Å²) in [6.45, 7) is 3.46. The maximum Gasteiger partial charge on any atom is 0.258 e. The Bertz CT molecular complexity index is 1550. The molecule has 0 spiro atoms. The van der Waals surface area contributed by atoms with Gasteiger partial charge in [0.15, 0.2) is 5.65 Å². The third-order valence-corrected chi connectivity index (χ3v) is 6.86. The van der Waals surface area contributed by atoms with E-state index in [0.29, 0.717) is 33.6 Å². The zero-order valence-electron chi connectivity index (χ0n) is 21.3. The molecule has 3 heterocycles. The molecule has 1 unspecified atom stereocenters. The van der Waals surface area contributed by atoms with Gasteiger partial charge in [0.25, 0.3) is 11.8 Å². The second kappa shape index (κ2) is 10.7. The fraction of sp³-hybridized carbons (Fsp3) is 0.276. The largest absolute Gasteiger partial charge is 0.497 e. The van der Waals surface area contributed by atoms with Crippen LogP contribution in [0.15, 0.2) is 60.8 Å². The van der Waals surface area contributed by atoms with Crippen molar-refractivity contribution in [1.29, 1.82) is 5.26 Å². The van der Waals surface area contributed by atoms with E-state index in [1.54, 1.807) is 37.6 Å². The second-order valence-corrected chi connectivity index (χ2v) is 9.32. The number of anilines is 1. The standard InChI is InChI=1S/C29H28N6O3/c1-19(21-9-7-11-24(15-21)38-2)35-26-25(16-23(18-31-26)28(37)34-12-4-3-5-13-34)32-29(35)33-27(36)22-10-6-8-20(14-22)17-30/h6-11,14-16,18-19H,3-5,12-13H2,1-2H3,(H,32,33,36). The van der Waals surface area contributed by atoms with Gasteiger partial charge in [0.05, 0.1) is 30.3 Å². The summed E-state index contributed by atoms with van der Waals surface area (Å²) in [6.07, 6.45) is 4.71. The molecule has 0 radical (unpaired) electrons. The summed E-state index contributed by atoms with van der Waals surface area (Å²) in [4.78, 5) is 37.5. The minimum atomic E-state index is -0.402. The molecule has 1 fully saturated rings. The lowest BCUT2D eigenvalue weighted by atomic mass is 10.1. The first kappa shape index (κ1) is 25.0. The van der Waals surface area contributed by atoms with Crippen molar-refractivity contribution in [2.24, 2.45) is 0 Å². The number of nitrogens with zero attached hydrogens (tertiary/aromatic N) is 5. The molecular formula is C29H28N6O3. The third-order valence-electron chi connectivity index (χ3n) is 6.86. The van der Waals surface area contributed by atoms with E-state index in [0.717, 1.165) is 37.9 Å². The molecule has 4 aromatic rings. The Morgan fingerprint density at radius 2 is 1.84 bits per heavy atom. The molecule has 5 rings (SSSR count). The van der Waals surface area contributed by atoms with Gasteiger partial charge in [-0.25, -0.2) is 9.97 Å². The summed E-state index contributed by atoms with van der Waals surface area (Å²) in [5.74, 6) is 0.535. The molecule has 0 saturated carbocycles. The number of piperidine rings is 1. The molecule has 2 aromatic heterocycles. The van der Waals surface area contributed by atoms with Gasteiger partial charge in [0.2, 0.25) is 5.95 Å². The van der Waals surface area contributed by atoms with Crippen molar-refractivity contribution in [2.45, 2.75) is 32.2 Å². The van der Waals surface area contributed by atoms with Gasteiger partial charge in [-0.05, 0) is 68.1 Å². The Kier molecular flexibility index (Phi) is 7.05. The maximum atomic E-state index is 13.2. The number of carbonyl (C=O) groups is 2. The number of likely N-dealkylation sites (tertiary alicyclic amines) is 1. The van der Waals surface area contributed by atoms with Gasteiger partial charge in [-0.3, -0.25) is 19.5 Å². The average molecular weight is 509 g/mol. The van der Waals surface area contributed by atoms with Crippen LogP contribution in [0.5, 0.6) is 5.75 Å².